The summed E-state index contributed by atoms with van der Waals surface area (Å²) in [5.41, 5.74) is 2.37. The Morgan fingerprint density at radius 2 is 1.96 bits per heavy atom. The number of ether oxygens (including phenoxy) is 1. The number of nitrogens with one attached hydrogen (secondary N) is 1. The fourth-order valence-corrected chi connectivity index (χ4v) is 3.20. The molecule has 2 heterocycles. The fraction of sp³-hybridized carbons (Fsp3) is 0.444. The Labute approximate surface area is 142 Å². The van der Waals surface area contributed by atoms with Crippen molar-refractivity contribution in [2.75, 3.05) is 27.2 Å². The molecule has 0 fully saturated rings. The monoisotopic (exact) mass is 329 g/mol. The Bertz CT molecular complexity index is 681. The molecule has 6 nitrogen and oxygen atoms in total. The molecule has 1 atom stereocenters. The summed E-state index contributed by atoms with van der Waals surface area (Å²) in [6.45, 7) is 3.33. The van der Waals surface area contributed by atoms with Gasteiger partial charge in [-0.15, -0.1) is 0 Å². The Morgan fingerprint density at radius 1 is 1.25 bits per heavy atom. The molecule has 0 aliphatic carbocycles. The van der Waals surface area contributed by atoms with Crippen molar-refractivity contribution in [2.24, 2.45) is 0 Å². The first-order valence-corrected chi connectivity index (χ1v) is 8.27. The van der Waals surface area contributed by atoms with Crippen LogP contribution < -0.4 is 10.1 Å². The molecule has 6 heteroatoms. The summed E-state index contributed by atoms with van der Waals surface area (Å²) in [6.07, 6.45) is 1.99. The zero-order valence-electron chi connectivity index (χ0n) is 14.3. The number of benzene rings is 1. The summed E-state index contributed by atoms with van der Waals surface area (Å²) >= 11 is 0. The molecule has 0 radical (unpaired) electrons. The first kappa shape index (κ1) is 16.4. The Morgan fingerprint density at radius 3 is 2.58 bits per heavy atom. The summed E-state index contributed by atoms with van der Waals surface area (Å²) in [4.78, 5) is 28.6. The summed E-state index contributed by atoms with van der Waals surface area (Å²) < 4.78 is 5.18. The molecule has 1 aromatic rings. The number of hydrogen-bond donors (Lipinski definition) is 1. The normalized spacial score (nSPS) is 20.4. The van der Waals surface area contributed by atoms with Crippen molar-refractivity contribution in [1.82, 2.24) is 15.1 Å². The topological polar surface area (TPSA) is 61.9 Å². The Balaban J connectivity index is 1.94. The van der Waals surface area contributed by atoms with Gasteiger partial charge in [-0.25, -0.2) is 4.79 Å². The highest BCUT2D eigenvalue weighted by atomic mass is 16.5. The van der Waals surface area contributed by atoms with Gasteiger partial charge in [0.1, 0.15) is 5.75 Å². The largest absolute Gasteiger partial charge is 0.497 e. The van der Waals surface area contributed by atoms with Crippen LogP contribution in [-0.4, -0.2) is 49.0 Å². The van der Waals surface area contributed by atoms with E-state index in [2.05, 4.69) is 12.2 Å². The number of unbranched alkanes of at least 4 members (excludes halogenated alkanes) is 1. The lowest BCUT2D eigenvalue weighted by Crippen LogP contribution is -2.45. The van der Waals surface area contributed by atoms with Crippen LogP contribution in [0.5, 0.6) is 5.75 Å². The van der Waals surface area contributed by atoms with Gasteiger partial charge in [0.25, 0.3) is 5.91 Å². The highest BCUT2D eigenvalue weighted by molar-refractivity contribution is 6.01. The molecule has 0 saturated heterocycles. The van der Waals surface area contributed by atoms with Crippen molar-refractivity contribution in [1.29, 1.82) is 0 Å². The third kappa shape index (κ3) is 2.72. The van der Waals surface area contributed by atoms with E-state index in [-0.39, 0.29) is 11.9 Å². The summed E-state index contributed by atoms with van der Waals surface area (Å²) in [5, 5.41) is 2.94. The highest BCUT2D eigenvalue weighted by Gasteiger charge is 2.42. The third-order valence-electron chi connectivity index (χ3n) is 4.67. The minimum atomic E-state index is -0.409. The summed E-state index contributed by atoms with van der Waals surface area (Å²) in [7, 11) is 3.32. The quantitative estimate of drug-likeness (QED) is 0.901. The summed E-state index contributed by atoms with van der Waals surface area (Å²) in [5.74, 6) is 0.764. The predicted molar refractivity (Wildman–Crippen MR) is 90.5 cm³/mol. The molecule has 3 amide bonds. The number of urea groups is 1. The van der Waals surface area contributed by atoms with Gasteiger partial charge in [0.2, 0.25) is 0 Å². The second-order valence-electron chi connectivity index (χ2n) is 6.16. The molecule has 1 unspecified atom stereocenters. The molecule has 2 aliphatic heterocycles. The van der Waals surface area contributed by atoms with Crippen LogP contribution in [0.2, 0.25) is 0 Å². The van der Waals surface area contributed by atoms with Crippen molar-refractivity contribution < 1.29 is 14.3 Å². The van der Waals surface area contributed by atoms with Gasteiger partial charge in [-0.1, -0.05) is 25.5 Å². The molecule has 3 rings (SSSR count). The van der Waals surface area contributed by atoms with Gasteiger partial charge in [-0.2, -0.15) is 0 Å². The fourth-order valence-electron chi connectivity index (χ4n) is 3.20. The van der Waals surface area contributed by atoms with Crippen LogP contribution in [0, 0.1) is 0 Å². The van der Waals surface area contributed by atoms with E-state index in [1.807, 2.05) is 29.2 Å². The second-order valence-corrected chi connectivity index (χ2v) is 6.16. The lowest BCUT2D eigenvalue weighted by atomic mass is 9.95. The van der Waals surface area contributed by atoms with Gasteiger partial charge in [-0.3, -0.25) is 9.69 Å². The third-order valence-corrected chi connectivity index (χ3v) is 4.67. The van der Waals surface area contributed by atoms with Crippen molar-refractivity contribution >= 4 is 11.9 Å². The van der Waals surface area contributed by atoms with Crippen LogP contribution in [0.25, 0.3) is 0 Å². The number of amides is 3. The number of rotatable bonds is 5. The van der Waals surface area contributed by atoms with Gasteiger partial charge in [0, 0.05) is 13.6 Å². The van der Waals surface area contributed by atoms with E-state index in [0.29, 0.717) is 12.1 Å². The highest BCUT2D eigenvalue weighted by Crippen LogP contribution is 2.36. The molecule has 2 aliphatic rings. The van der Waals surface area contributed by atoms with Crippen molar-refractivity contribution in [3.05, 3.63) is 41.1 Å². The number of nitrogens with zero attached hydrogens (tertiary/aromatic N) is 2. The van der Waals surface area contributed by atoms with E-state index < -0.39 is 6.04 Å². The smallest absolute Gasteiger partial charge is 0.322 e. The zero-order valence-corrected chi connectivity index (χ0v) is 14.3. The second kappa shape index (κ2) is 6.55. The maximum Gasteiger partial charge on any atom is 0.322 e. The Hall–Kier alpha value is -2.50. The van der Waals surface area contributed by atoms with Gasteiger partial charge in [0.05, 0.1) is 31.0 Å². The number of carbonyl (C=O) groups is 2. The molecule has 0 saturated carbocycles. The van der Waals surface area contributed by atoms with E-state index in [4.69, 9.17) is 4.74 Å². The first-order valence-electron chi connectivity index (χ1n) is 8.27. The molecular formula is C18H23N3O3. The lowest BCUT2D eigenvalue weighted by Gasteiger charge is -2.31. The molecule has 0 bridgehead atoms. The molecule has 1 N–H and O–H groups in total. The van der Waals surface area contributed by atoms with E-state index in [1.165, 1.54) is 0 Å². The average molecular weight is 329 g/mol. The number of carbonyl (C=O) groups excluding carboxylic acids is 2. The molecule has 128 valence electrons. The van der Waals surface area contributed by atoms with E-state index >= 15 is 0 Å². The van der Waals surface area contributed by atoms with E-state index in [9.17, 15) is 9.59 Å². The molecular weight excluding hydrogens is 306 g/mol. The molecule has 0 spiro atoms. The van der Waals surface area contributed by atoms with Gasteiger partial charge in [-0.05, 0) is 24.1 Å². The Kier molecular flexibility index (Phi) is 4.46. The maximum absolute atomic E-state index is 12.9. The van der Waals surface area contributed by atoms with Crippen molar-refractivity contribution in [2.45, 2.75) is 25.8 Å². The van der Waals surface area contributed by atoms with Gasteiger partial charge in [0.15, 0.2) is 0 Å². The van der Waals surface area contributed by atoms with Crippen LogP contribution in [0.3, 0.4) is 0 Å². The average Bonchev–Trinajstić information content (AvgIpc) is 2.93. The van der Waals surface area contributed by atoms with E-state index in [0.717, 1.165) is 36.4 Å². The molecule has 1 aromatic carbocycles. The minimum Gasteiger partial charge on any atom is -0.497 e. The maximum atomic E-state index is 12.9. The van der Waals surface area contributed by atoms with Crippen LogP contribution in [-0.2, 0) is 4.79 Å². The lowest BCUT2D eigenvalue weighted by molar-refractivity contribution is -0.125. The molecule has 24 heavy (non-hydrogen) atoms. The minimum absolute atomic E-state index is 0.0196. The number of hydrogen-bond acceptors (Lipinski definition) is 3. The number of likely N-dealkylation sites (N-methyl/N-ethyl adjacent to an activating group) is 1. The zero-order chi connectivity index (χ0) is 17.3. The van der Waals surface area contributed by atoms with Crippen LogP contribution in [0.15, 0.2) is 35.5 Å². The molecule has 0 aromatic heterocycles. The van der Waals surface area contributed by atoms with Crippen molar-refractivity contribution in [3.8, 4) is 5.75 Å². The van der Waals surface area contributed by atoms with Crippen LogP contribution in [0.4, 0.5) is 4.79 Å². The predicted octanol–water partition coefficient (Wildman–Crippen LogP) is 2.29. The number of methoxy groups -OCH3 is 1. The summed E-state index contributed by atoms with van der Waals surface area (Å²) in [6, 6.07) is 6.87. The van der Waals surface area contributed by atoms with Crippen LogP contribution >= 0.6 is 0 Å². The van der Waals surface area contributed by atoms with Crippen LogP contribution in [0.1, 0.15) is 31.4 Å². The standard InChI is InChI=1S/C18H23N3O3/c1-4-5-10-21-11-14-15(17(21)22)16(19-18(23)20(14)2)12-6-8-13(24-3)9-7-12/h6-9,16H,4-5,10-11H2,1-3H3,(H,19,23). The first-order chi connectivity index (χ1) is 11.6. The SMILES string of the molecule is CCCCN1CC2=C(C1=O)C(c1ccc(OC)cc1)NC(=O)N2C. The van der Waals surface area contributed by atoms with Gasteiger partial charge < -0.3 is 15.0 Å². The van der Waals surface area contributed by atoms with Crippen molar-refractivity contribution in [3.63, 3.8) is 0 Å². The van der Waals surface area contributed by atoms with E-state index in [1.54, 1.807) is 19.1 Å². The van der Waals surface area contributed by atoms with Gasteiger partial charge >= 0.3 is 6.03 Å².